The van der Waals surface area contributed by atoms with E-state index in [2.05, 4.69) is 5.10 Å². The first kappa shape index (κ1) is 18.1. The number of ether oxygens (including phenoxy) is 1. The Morgan fingerprint density at radius 3 is 2.42 bits per heavy atom. The van der Waals surface area contributed by atoms with Crippen LogP contribution in [0.15, 0.2) is 52.3 Å². The Bertz CT molecular complexity index is 1040. The van der Waals surface area contributed by atoms with Crippen molar-refractivity contribution >= 4 is 11.8 Å². The fourth-order valence-corrected chi connectivity index (χ4v) is 2.93. The molecule has 3 aromatic rings. The van der Waals surface area contributed by atoms with Gasteiger partial charge in [0.2, 0.25) is 0 Å². The van der Waals surface area contributed by atoms with Gasteiger partial charge in [-0.15, -0.1) is 11.8 Å². The molecule has 1 heterocycles. The van der Waals surface area contributed by atoms with Crippen LogP contribution in [-0.2, 0) is 0 Å². The summed E-state index contributed by atoms with van der Waals surface area (Å²) in [5.41, 5.74) is 0.0788. The van der Waals surface area contributed by atoms with Crippen molar-refractivity contribution in [1.29, 1.82) is 0 Å². The molecule has 0 bridgehead atoms. The van der Waals surface area contributed by atoms with Gasteiger partial charge >= 0.3 is 5.56 Å². The maximum absolute atomic E-state index is 14.1. The molecule has 0 amide bonds. The predicted molar refractivity (Wildman–Crippen MR) is 93.5 cm³/mol. The van der Waals surface area contributed by atoms with Crippen LogP contribution in [0.2, 0.25) is 0 Å². The van der Waals surface area contributed by atoms with Crippen molar-refractivity contribution in [3.05, 3.63) is 70.4 Å². The average molecular weight is 378 g/mol. The molecular weight excluding hydrogens is 365 g/mol. The molecule has 4 nitrogen and oxygen atoms in total. The number of hydrogen-bond acceptors (Lipinski definition) is 4. The van der Waals surface area contributed by atoms with E-state index >= 15 is 0 Å². The van der Waals surface area contributed by atoms with Crippen LogP contribution in [0.1, 0.15) is 0 Å². The Morgan fingerprint density at radius 1 is 1.04 bits per heavy atom. The summed E-state index contributed by atoms with van der Waals surface area (Å²) in [5, 5.41) is 3.98. The third-order valence-corrected chi connectivity index (χ3v) is 4.52. The van der Waals surface area contributed by atoms with E-state index in [1.165, 1.54) is 37.2 Å². The number of nitrogens with zero attached hydrogens (tertiary/aromatic N) is 2. The summed E-state index contributed by atoms with van der Waals surface area (Å²) in [7, 11) is 1.29. The lowest BCUT2D eigenvalue weighted by Crippen LogP contribution is -2.23. The first-order valence-electron chi connectivity index (χ1n) is 7.42. The highest BCUT2D eigenvalue weighted by Crippen LogP contribution is 2.30. The van der Waals surface area contributed by atoms with Crippen LogP contribution in [0.3, 0.4) is 0 Å². The van der Waals surface area contributed by atoms with Crippen molar-refractivity contribution in [2.75, 3.05) is 13.4 Å². The number of methoxy groups -OCH3 is 1. The molecule has 1 aromatic heterocycles. The van der Waals surface area contributed by atoms with Gasteiger partial charge in [-0.3, -0.25) is 4.79 Å². The van der Waals surface area contributed by atoms with Crippen molar-refractivity contribution in [2.45, 2.75) is 4.90 Å². The minimum Gasteiger partial charge on any atom is -0.491 e. The number of aromatic nitrogens is 2. The van der Waals surface area contributed by atoms with Gasteiger partial charge in [-0.1, -0.05) is 6.07 Å². The molecule has 0 atom stereocenters. The van der Waals surface area contributed by atoms with E-state index in [0.717, 1.165) is 16.8 Å². The fraction of sp³-hybridized carbons (Fsp3) is 0.111. The van der Waals surface area contributed by atoms with E-state index in [1.54, 1.807) is 18.4 Å². The molecule has 0 unspecified atom stereocenters. The molecule has 0 fully saturated rings. The summed E-state index contributed by atoms with van der Waals surface area (Å²) in [6.07, 6.45) is 3.07. The van der Waals surface area contributed by atoms with Gasteiger partial charge in [-0.25, -0.2) is 13.2 Å². The van der Waals surface area contributed by atoms with Crippen LogP contribution in [0.4, 0.5) is 13.2 Å². The van der Waals surface area contributed by atoms with Gasteiger partial charge in [-0.2, -0.15) is 9.78 Å². The van der Waals surface area contributed by atoms with Crippen LogP contribution < -0.4 is 10.3 Å². The van der Waals surface area contributed by atoms with Gasteiger partial charge < -0.3 is 4.74 Å². The molecule has 134 valence electrons. The number of rotatable bonds is 4. The van der Waals surface area contributed by atoms with Crippen molar-refractivity contribution in [1.82, 2.24) is 9.78 Å². The molecule has 0 aliphatic heterocycles. The predicted octanol–water partition coefficient (Wildman–Crippen LogP) is 4.05. The maximum Gasteiger partial charge on any atom is 0.314 e. The maximum atomic E-state index is 14.1. The topological polar surface area (TPSA) is 44.1 Å². The highest BCUT2D eigenvalue weighted by molar-refractivity contribution is 7.98. The van der Waals surface area contributed by atoms with Gasteiger partial charge in [0.1, 0.15) is 5.82 Å². The molecule has 26 heavy (non-hydrogen) atoms. The lowest BCUT2D eigenvalue weighted by atomic mass is 10.1. The number of thioether (sulfide) groups is 1. The first-order chi connectivity index (χ1) is 12.5. The van der Waals surface area contributed by atoms with E-state index in [0.29, 0.717) is 16.0 Å². The first-order valence-corrected chi connectivity index (χ1v) is 8.64. The summed E-state index contributed by atoms with van der Waals surface area (Å²) >= 11 is 1.26. The second-order valence-corrected chi connectivity index (χ2v) is 6.10. The number of benzene rings is 2. The Morgan fingerprint density at radius 2 is 1.81 bits per heavy atom. The minimum atomic E-state index is -1.10. The summed E-state index contributed by atoms with van der Waals surface area (Å²) < 4.78 is 46.7. The average Bonchev–Trinajstić information content (AvgIpc) is 2.63. The Kier molecular flexibility index (Phi) is 5.03. The molecule has 0 saturated heterocycles. The van der Waals surface area contributed by atoms with Crippen molar-refractivity contribution in [2.24, 2.45) is 0 Å². The molecule has 2 aromatic carbocycles. The minimum absolute atomic E-state index is 0.0441. The SMILES string of the molecule is COc1c(-c2ccc(SC)c(F)c2)cnn(-c2ccc(F)c(F)c2)c1=O. The van der Waals surface area contributed by atoms with Crippen molar-refractivity contribution in [3.8, 4) is 22.6 Å². The van der Waals surface area contributed by atoms with E-state index in [9.17, 15) is 18.0 Å². The van der Waals surface area contributed by atoms with E-state index in [1.807, 2.05) is 0 Å². The van der Waals surface area contributed by atoms with E-state index < -0.39 is 23.0 Å². The van der Waals surface area contributed by atoms with Gasteiger partial charge in [0.25, 0.3) is 0 Å². The molecule has 0 aliphatic rings. The standard InChI is InChI=1S/C18H13F3N2O2S/c1-25-17-12(10-3-6-16(26-2)15(21)7-10)9-22-23(18(17)24)11-4-5-13(19)14(20)8-11/h3-9H,1-2H3. The third-order valence-electron chi connectivity index (χ3n) is 3.75. The monoisotopic (exact) mass is 378 g/mol. The van der Waals surface area contributed by atoms with Crippen molar-refractivity contribution < 1.29 is 17.9 Å². The quantitative estimate of drug-likeness (QED) is 0.643. The molecule has 0 radical (unpaired) electrons. The molecule has 0 spiro atoms. The molecule has 0 aliphatic carbocycles. The van der Waals surface area contributed by atoms with Crippen LogP contribution in [0, 0.1) is 17.5 Å². The Hall–Kier alpha value is -2.74. The molecule has 8 heteroatoms. The van der Waals surface area contributed by atoms with Gasteiger partial charge in [0.05, 0.1) is 19.0 Å². The smallest absolute Gasteiger partial charge is 0.314 e. The van der Waals surface area contributed by atoms with Crippen LogP contribution in [0.5, 0.6) is 5.75 Å². The van der Waals surface area contributed by atoms with Crippen LogP contribution in [-0.4, -0.2) is 23.1 Å². The zero-order valence-electron chi connectivity index (χ0n) is 13.8. The zero-order valence-corrected chi connectivity index (χ0v) is 14.6. The number of hydrogen-bond donors (Lipinski definition) is 0. The lowest BCUT2D eigenvalue weighted by Gasteiger charge is -2.12. The van der Waals surface area contributed by atoms with Crippen LogP contribution in [0.25, 0.3) is 16.8 Å². The molecule has 0 saturated carbocycles. The van der Waals surface area contributed by atoms with Gasteiger partial charge in [0.15, 0.2) is 17.4 Å². The summed E-state index contributed by atoms with van der Waals surface area (Å²) in [6, 6.07) is 7.50. The molecular formula is C18H13F3N2O2S. The van der Waals surface area contributed by atoms with Crippen LogP contribution >= 0.6 is 11.8 Å². The molecule has 3 rings (SSSR count). The highest BCUT2D eigenvalue weighted by atomic mass is 32.2. The Balaban J connectivity index is 2.15. The second-order valence-electron chi connectivity index (χ2n) is 5.26. The molecule has 0 N–H and O–H groups in total. The Labute approximate surface area is 151 Å². The third kappa shape index (κ3) is 3.20. The van der Waals surface area contributed by atoms with Crippen molar-refractivity contribution in [3.63, 3.8) is 0 Å². The highest BCUT2D eigenvalue weighted by Gasteiger charge is 2.17. The van der Waals surface area contributed by atoms with Gasteiger partial charge in [-0.05, 0) is 36.1 Å². The largest absolute Gasteiger partial charge is 0.491 e. The zero-order chi connectivity index (χ0) is 18.8. The fourth-order valence-electron chi connectivity index (χ4n) is 2.48. The van der Waals surface area contributed by atoms with Gasteiger partial charge in [0, 0.05) is 16.5 Å². The summed E-state index contributed by atoms with van der Waals surface area (Å²) in [4.78, 5) is 13.1. The van der Waals surface area contributed by atoms with E-state index in [4.69, 9.17) is 4.74 Å². The second kappa shape index (κ2) is 7.25. The number of halogens is 3. The summed E-state index contributed by atoms with van der Waals surface area (Å²) in [6.45, 7) is 0. The lowest BCUT2D eigenvalue weighted by molar-refractivity contribution is 0.405. The van der Waals surface area contributed by atoms with E-state index in [-0.39, 0.29) is 11.4 Å². The summed E-state index contributed by atoms with van der Waals surface area (Å²) in [5.74, 6) is -2.65. The normalized spacial score (nSPS) is 10.8.